The minimum atomic E-state index is -1.29. The van der Waals surface area contributed by atoms with Crippen LogP contribution in [-0.4, -0.2) is 57.3 Å². The highest BCUT2D eigenvalue weighted by Crippen LogP contribution is 2.17. The number of aliphatic hydroxyl groups is 4. The summed E-state index contributed by atoms with van der Waals surface area (Å²) < 4.78 is 0. The molecule has 0 saturated heterocycles. The standard InChI is InChI=1S/C56H107NO5/c1-3-5-7-9-11-13-15-17-19-21-23-25-26-27-28-29-30-32-33-35-37-39-41-43-45-47-49-53(59)55(61)52(51-58)57-56(62)54(60)50-48-46-44-42-40-38-36-34-31-24-22-20-18-16-14-12-10-8-6-4-2/h31,33-35,41,43,52-55,58-61H,3-30,32,36-40,42,44-51H2,1-2H3,(H,57,62)/b34-31-,35-33+,43-41+. The van der Waals surface area contributed by atoms with Gasteiger partial charge >= 0.3 is 0 Å². The zero-order valence-electron chi connectivity index (χ0n) is 41.4. The van der Waals surface area contributed by atoms with Gasteiger partial charge in [-0.3, -0.25) is 4.79 Å². The van der Waals surface area contributed by atoms with E-state index in [1.165, 1.54) is 199 Å². The Kier molecular flexibility index (Phi) is 49.3. The molecule has 0 aromatic rings. The van der Waals surface area contributed by atoms with Gasteiger partial charge in [0.05, 0.1) is 18.8 Å². The van der Waals surface area contributed by atoms with Crippen LogP contribution in [-0.2, 0) is 4.79 Å². The van der Waals surface area contributed by atoms with Gasteiger partial charge in [0.1, 0.15) is 12.2 Å². The van der Waals surface area contributed by atoms with Crippen LogP contribution in [0.15, 0.2) is 36.5 Å². The Bertz CT molecular complexity index is 981. The largest absolute Gasteiger partial charge is 0.394 e. The molecule has 0 aromatic heterocycles. The van der Waals surface area contributed by atoms with Crippen molar-refractivity contribution in [3.05, 3.63) is 36.5 Å². The maximum Gasteiger partial charge on any atom is 0.249 e. The van der Waals surface area contributed by atoms with Crippen LogP contribution in [0, 0.1) is 0 Å². The van der Waals surface area contributed by atoms with Crippen LogP contribution >= 0.6 is 0 Å². The number of nitrogens with one attached hydrogen (secondary N) is 1. The Labute approximate surface area is 386 Å². The Balaban J connectivity index is 3.71. The molecular formula is C56H107NO5. The van der Waals surface area contributed by atoms with Crippen molar-refractivity contribution < 1.29 is 25.2 Å². The lowest BCUT2D eigenvalue weighted by Crippen LogP contribution is -2.53. The third-order valence-electron chi connectivity index (χ3n) is 12.8. The minimum absolute atomic E-state index is 0.353. The highest BCUT2D eigenvalue weighted by atomic mass is 16.3. The predicted molar refractivity (Wildman–Crippen MR) is 270 cm³/mol. The number of rotatable bonds is 50. The van der Waals surface area contributed by atoms with Crippen LogP contribution in [0.5, 0.6) is 0 Å². The van der Waals surface area contributed by atoms with E-state index in [0.29, 0.717) is 19.3 Å². The predicted octanol–water partition coefficient (Wildman–Crippen LogP) is 15.6. The van der Waals surface area contributed by atoms with E-state index >= 15 is 0 Å². The molecule has 4 unspecified atom stereocenters. The normalized spacial score (nSPS) is 14.1. The average molecular weight is 874 g/mol. The number of carbonyl (C=O) groups is 1. The van der Waals surface area contributed by atoms with Gasteiger partial charge in [0.25, 0.3) is 0 Å². The van der Waals surface area contributed by atoms with E-state index in [1.54, 1.807) is 0 Å². The topological polar surface area (TPSA) is 110 Å². The summed E-state index contributed by atoms with van der Waals surface area (Å²) in [5.74, 6) is -0.600. The summed E-state index contributed by atoms with van der Waals surface area (Å²) in [5.41, 5.74) is 0. The summed E-state index contributed by atoms with van der Waals surface area (Å²) in [6.45, 7) is 4.06. The van der Waals surface area contributed by atoms with Gasteiger partial charge in [-0.15, -0.1) is 0 Å². The van der Waals surface area contributed by atoms with Crippen molar-refractivity contribution in [2.45, 2.75) is 308 Å². The Morgan fingerprint density at radius 2 is 0.677 bits per heavy atom. The molecule has 0 aromatic carbocycles. The zero-order chi connectivity index (χ0) is 45.2. The molecule has 1 amide bonds. The molecule has 0 spiro atoms. The second-order valence-electron chi connectivity index (χ2n) is 18.9. The van der Waals surface area contributed by atoms with Crippen LogP contribution in [0.3, 0.4) is 0 Å². The molecule has 0 aliphatic carbocycles. The zero-order valence-corrected chi connectivity index (χ0v) is 41.4. The Hall–Kier alpha value is -1.47. The molecule has 0 aliphatic heterocycles. The van der Waals surface area contributed by atoms with Gasteiger partial charge in [0.2, 0.25) is 5.91 Å². The molecule has 0 rings (SSSR count). The number of hydrogen-bond acceptors (Lipinski definition) is 5. The summed E-state index contributed by atoms with van der Waals surface area (Å²) in [6, 6.07) is -1.01. The second kappa shape index (κ2) is 50.5. The first-order chi connectivity index (χ1) is 30.5. The molecule has 4 atom stereocenters. The molecular weight excluding hydrogens is 767 g/mol. The van der Waals surface area contributed by atoms with Crippen LogP contribution < -0.4 is 5.32 Å². The summed E-state index contributed by atoms with van der Waals surface area (Å²) >= 11 is 0. The van der Waals surface area contributed by atoms with E-state index in [0.717, 1.165) is 51.4 Å². The molecule has 6 nitrogen and oxygen atoms in total. The van der Waals surface area contributed by atoms with E-state index < -0.39 is 36.9 Å². The third-order valence-corrected chi connectivity index (χ3v) is 12.8. The van der Waals surface area contributed by atoms with Crippen molar-refractivity contribution in [3.63, 3.8) is 0 Å². The van der Waals surface area contributed by atoms with Crippen molar-refractivity contribution in [1.29, 1.82) is 0 Å². The number of allylic oxidation sites excluding steroid dienone is 6. The summed E-state index contributed by atoms with van der Waals surface area (Å²) in [4.78, 5) is 12.6. The van der Waals surface area contributed by atoms with Gasteiger partial charge in [-0.2, -0.15) is 0 Å². The summed E-state index contributed by atoms with van der Waals surface area (Å²) in [6.07, 6.45) is 62.1. The first-order valence-electron chi connectivity index (χ1n) is 27.4. The molecule has 0 saturated carbocycles. The number of aliphatic hydroxyl groups excluding tert-OH is 4. The van der Waals surface area contributed by atoms with Gasteiger partial charge < -0.3 is 25.7 Å². The number of hydrogen-bond donors (Lipinski definition) is 5. The SMILES string of the molecule is CCCCCCCCCCCC/C=C\CCCCCCCCC(O)C(=O)NC(CO)C(O)C(O)CCC/C=C/CC/C=C/CCCCCCCCCCCCCCCCCCC. The van der Waals surface area contributed by atoms with Crippen LogP contribution in [0.4, 0.5) is 0 Å². The van der Waals surface area contributed by atoms with E-state index in [2.05, 4.69) is 55.6 Å². The maximum absolute atomic E-state index is 12.6. The Morgan fingerprint density at radius 3 is 1.02 bits per heavy atom. The fourth-order valence-corrected chi connectivity index (χ4v) is 8.48. The second-order valence-corrected chi connectivity index (χ2v) is 18.9. The summed E-state index contributed by atoms with van der Waals surface area (Å²) in [7, 11) is 0. The van der Waals surface area contributed by atoms with Gasteiger partial charge in [-0.25, -0.2) is 0 Å². The maximum atomic E-state index is 12.6. The van der Waals surface area contributed by atoms with E-state index in [-0.39, 0.29) is 0 Å². The Morgan fingerprint density at radius 1 is 0.387 bits per heavy atom. The quantitative estimate of drug-likeness (QED) is 0.0309. The van der Waals surface area contributed by atoms with Crippen molar-refractivity contribution in [1.82, 2.24) is 5.32 Å². The molecule has 5 N–H and O–H groups in total. The lowest BCUT2D eigenvalue weighted by Gasteiger charge is -2.27. The van der Waals surface area contributed by atoms with E-state index in [9.17, 15) is 25.2 Å². The van der Waals surface area contributed by atoms with Gasteiger partial charge in [-0.1, -0.05) is 243 Å². The first kappa shape index (κ1) is 60.5. The fraction of sp³-hybridized carbons (Fsp3) is 0.875. The monoisotopic (exact) mass is 874 g/mol. The molecule has 0 heterocycles. The van der Waals surface area contributed by atoms with Crippen molar-refractivity contribution >= 4 is 5.91 Å². The van der Waals surface area contributed by atoms with Crippen molar-refractivity contribution in [2.75, 3.05) is 6.61 Å². The van der Waals surface area contributed by atoms with E-state index in [4.69, 9.17) is 0 Å². The first-order valence-corrected chi connectivity index (χ1v) is 27.4. The molecule has 366 valence electrons. The number of carbonyl (C=O) groups excluding carboxylic acids is 1. The molecule has 6 heteroatoms. The molecule has 0 radical (unpaired) electrons. The highest BCUT2D eigenvalue weighted by Gasteiger charge is 2.28. The average Bonchev–Trinajstić information content (AvgIpc) is 3.28. The van der Waals surface area contributed by atoms with Gasteiger partial charge in [-0.05, 0) is 77.0 Å². The van der Waals surface area contributed by atoms with Gasteiger partial charge in [0, 0.05) is 0 Å². The fourth-order valence-electron chi connectivity index (χ4n) is 8.48. The molecule has 0 bridgehead atoms. The van der Waals surface area contributed by atoms with Crippen molar-refractivity contribution in [2.24, 2.45) is 0 Å². The highest BCUT2D eigenvalue weighted by molar-refractivity contribution is 5.80. The smallest absolute Gasteiger partial charge is 0.249 e. The molecule has 62 heavy (non-hydrogen) atoms. The lowest BCUT2D eigenvalue weighted by molar-refractivity contribution is -0.132. The lowest BCUT2D eigenvalue weighted by atomic mass is 10.00. The summed E-state index contributed by atoms with van der Waals surface area (Å²) in [5, 5.41) is 43.9. The molecule has 0 fully saturated rings. The third kappa shape index (κ3) is 43.8. The number of amides is 1. The van der Waals surface area contributed by atoms with E-state index in [1.807, 2.05) is 0 Å². The number of unbranched alkanes of at least 4 members (excludes halogenated alkanes) is 35. The van der Waals surface area contributed by atoms with Crippen molar-refractivity contribution in [3.8, 4) is 0 Å². The molecule has 0 aliphatic rings. The van der Waals surface area contributed by atoms with Gasteiger partial charge in [0.15, 0.2) is 0 Å². The van der Waals surface area contributed by atoms with Crippen LogP contribution in [0.1, 0.15) is 284 Å². The van der Waals surface area contributed by atoms with Crippen LogP contribution in [0.2, 0.25) is 0 Å². The minimum Gasteiger partial charge on any atom is -0.394 e. The van der Waals surface area contributed by atoms with Crippen LogP contribution in [0.25, 0.3) is 0 Å².